The van der Waals surface area contributed by atoms with Crippen LogP contribution in [0.4, 0.5) is 0 Å². The Kier molecular flexibility index (Phi) is 7.56. The Hall–Kier alpha value is -1.79. The number of carbonyl (C=O) groups is 1. The average Bonchev–Trinajstić information content (AvgIpc) is 2.47. The lowest BCUT2D eigenvalue weighted by atomic mass is 10.1. The zero-order valence-electron chi connectivity index (χ0n) is 12.7. The molecule has 1 unspecified atom stereocenters. The second-order valence-corrected chi connectivity index (χ2v) is 4.42. The molecular weight excluding hydrogens is 274 g/mol. The maximum atomic E-state index is 11.4. The van der Waals surface area contributed by atoms with Gasteiger partial charge < -0.3 is 24.6 Å². The van der Waals surface area contributed by atoms with Crippen LogP contribution in [-0.2, 0) is 9.53 Å². The normalized spacial score (nSPS) is 12.0. The highest BCUT2D eigenvalue weighted by Gasteiger charge is 2.20. The topological polar surface area (TPSA) is 77.0 Å². The highest BCUT2D eigenvalue weighted by molar-refractivity contribution is 5.76. The van der Waals surface area contributed by atoms with Crippen LogP contribution < -0.4 is 14.8 Å². The molecule has 21 heavy (non-hydrogen) atoms. The molecule has 0 bridgehead atoms. The summed E-state index contributed by atoms with van der Waals surface area (Å²) in [5.74, 6) is 0.201. The van der Waals surface area contributed by atoms with Crippen molar-refractivity contribution in [3.63, 3.8) is 0 Å². The molecule has 0 spiro atoms. The zero-order valence-corrected chi connectivity index (χ0v) is 12.7. The van der Waals surface area contributed by atoms with Crippen molar-refractivity contribution in [2.24, 2.45) is 0 Å². The second-order valence-electron chi connectivity index (χ2n) is 4.42. The molecule has 2 N–H and O–H groups in total. The Balaban J connectivity index is 2.86. The monoisotopic (exact) mass is 297 g/mol. The maximum absolute atomic E-state index is 11.4. The van der Waals surface area contributed by atoms with Crippen LogP contribution in [0.1, 0.15) is 24.9 Å². The lowest BCUT2D eigenvalue weighted by Gasteiger charge is -2.17. The molecular formula is C15H23NO5. The molecule has 1 aromatic rings. The largest absolute Gasteiger partial charge is 0.493 e. The summed E-state index contributed by atoms with van der Waals surface area (Å²) < 4.78 is 15.6. The van der Waals surface area contributed by atoms with Crippen molar-refractivity contribution < 1.29 is 24.1 Å². The molecule has 1 atom stereocenters. The number of benzene rings is 1. The van der Waals surface area contributed by atoms with E-state index in [1.54, 1.807) is 32.4 Å². The summed E-state index contributed by atoms with van der Waals surface area (Å²) >= 11 is 0. The fraction of sp³-hybridized carbons (Fsp3) is 0.533. The second kappa shape index (κ2) is 9.20. The van der Waals surface area contributed by atoms with E-state index in [1.807, 2.05) is 6.92 Å². The quantitative estimate of drug-likeness (QED) is 0.642. The standard InChI is InChI=1S/C15H23NO5/c1-4-21-13-10-11(6-7-12(13)20-3)14(15(17)18)16-8-5-9-19-2/h6-7,10,14,16H,4-5,8-9H2,1-3H3,(H,17,18). The summed E-state index contributed by atoms with van der Waals surface area (Å²) in [6.45, 7) is 3.50. The molecule has 118 valence electrons. The first-order valence-electron chi connectivity index (χ1n) is 6.89. The van der Waals surface area contributed by atoms with E-state index in [1.165, 1.54) is 0 Å². The predicted octanol–water partition coefficient (Wildman–Crippen LogP) is 1.85. The SMILES string of the molecule is CCOc1cc(C(NCCCOC)C(=O)O)ccc1OC. The van der Waals surface area contributed by atoms with Crippen molar-refractivity contribution in [3.05, 3.63) is 23.8 Å². The van der Waals surface area contributed by atoms with Gasteiger partial charge in [0.15, 0.2) is 11.5 Å². The minimum absolute atomic E-state index is 0.485. The fourth-order valence-corrected chi connectivity index (χ4v) is 1.95. The summed E-state index contributed by atoms with van der Waals surface area (Å²) in [6, 6.07) is 4.35. The van der Waals surface area contributed by atoms with Crippen molar-refractivity contribution >= 4 is 5.97 Å². The molecule has 6 nitrogen and oxygen atoms in total. The van der Waals surface area contributed by atoms with Gasteiger partial charge >= 0.3 is 5.97 Å². The van der Waals surface area contributed by atoms with Gasteiger partial charge in [0.1, 0.15) is 6.04 Å². The third-order valence-electron chi connectivity index (χ3n) is 2.94. The van der Waals surface area contributed by atoms with Crippen molar-refractivity contribution in [2.75, 3.05) is 34.0 Å². The van der Waals surface area contributed by atoms with Gasteiger partial charge in [0.25, 0.3) is 0 Å². The third kappa shape index (κ3) is 5.24. The molecule has 1 aromatic carbocycles. The van der Waals surface area contributed by atoms with E-state index in [0.29, 0.717) is 36.8 Å². The van der Waals surface area contributed by atoms with Gasteiger partial charge in [0.05, 0.1) is 13.7 Å². The van der Waals surface area contributed by atoms with Crippen LogP contribution in [0.2, 0.25) is 0 Å². The Morgan fingerprint density at radius 1 is 1.33 bits per heavy atom. The number of hydrogen-bond acceptors (Lipinski definition) is 5. The number of hydrogen-bond donors (Lipinski definition) is 2. The van der Waals surface area contributed by atoms with Crippen LogP contribution in [-0.4, -0.2) is 45.1 Å². The molecule has 0 aliphatic heterocycles. The van der Waals surface area contributed by atoms with Crippen LogP contribution in [0.15, 0.2) is 18.2 Å². The van der Waals surface area contributed by atoms with E-state index in [0.717, 1.165) is 6.42 Å². The number of carboxylic acids is 1. The summed E-state index contributed by atoms with van der Waals surface area (Å²) in [7, 11) is 3.17. The Bertz CT molecular complexity index is 450. The lowest BCUT2D eigenvalue weighted by molar-refractivity contribution is -0.139. The van der Waals surface area contributed by atoms with E-state index in [9.17, 15) is 9.90 Å². The van der Waals surface area contributed by atoms with Gasteiger partial charge in [0, 0.05) is 13.7 Å². The first kappa shape index (κ1) is 17.3. The molecule has 0 radical (unpaired) electrons. The molecule has 0 aliphatic carbocycles. The number of nitrogens with one attached hydrogen (secondary N) is 1. The zero-order chi connectivity index (χ0) is 15.7. The number of methoxy groups -OCH3 is 2. The summed E-state index contributed by atoms with van der Waals surface area (Å²) in [6.07, 6.45) is 0.745. The van der Waals surface area contributed by atoms with Gasteiger partial charge in [-0.1, -0.05) is 6.07 Å². The van der Waals surface area contributed by atoms with E-state index in [2.05, 4.69) is 5.32 Å². The van der Waals surface area contributed by atoms with Crippen molar-refractivity contribution in [1.29, 1.82) is 0 Å². The Morgan fingerprint density at radius 2 is 2.10 bits per heavy atom. The molecule has 1 rings (SSSR count). The van der Waals surface area contributed by atoms with Gasteiger partial charge in [-0.2, -0.15) is 0 Å². The van der Waals surface area contributed by atoms with E-state index in [-0.39, 0.29) is 0 Å². The van der Waals surface area contributed by atoms with Gasteiger partial charge in [0.2, 0.25) is 0 Å². The molecule has 0 aromatic heterocycles. The smallest absolute Gasteiger partial charge is 0.325 e. The van der Waals surface area contributed by atoms with Crippen LogP contribution >= 0.6 is 0 Å². The van der Waals surface area contributed by atoms with Gasteiger partial charge in [-0.05, 0) is 37.6 Å². The predicted molar refractivity (Wildman–Crippen MR) is 79.0 cm³/mol. The van der Waals surface area contributed by atoms with E-state index in [4.69, 9.17) is 14.2 Å². The minimum Gasteiger partial charge on any atom is -0.493 e. The van der Waals surface area contributed by atoms with Gasteiger partial charge in [-0.25, -0.2) is 0 Å². The summed E-state index contributed by atoms with van der Waals surface area (Å²) in [5.41, 5.74) is 0.629. The van der Waals surface area contributed by atoms with Crippen molar-refractivity contribution in [3.8, 4) is 11.5 Å². The third-order valence-corrected chi connectivity index (χ3v) is 2.94. The maximum Gasteiger partial charge on any atom is 0.325 e. The van der Waals surface area contributed by atoms with Crippen LogP contribution in [0.3, 0.4) is 0 Å². The van der Waals surface area contributed by atoms with Gasteiger partial charge in [-0.3, -0.25) is 4.79 Å². The average molecular weight is 297 g/mol. The van der Waals surface area contributed by atoms with Crippen LogP contribution in [0.25, 0.3) is 0 Å². The lowest BCUT2D eigenvalue weighted by Crippen LogP contribution is -2.29. The van der Waals surface area contributed by atoms with E-state index >= 15 is 0 Å². The Labute approximate surface area is 125 Å². The number of ether oxygens (including phenoxy) is 3. The first-order valence-corrected chi connectivity index (χ1v) is 6.89. The Morgan fingerprint density at radius 3 is 2.67 bits per heavy atom. The summed E-state index contributed by atoms with van der Waals surface area (Å²) in [5, 5.41) is 12.4. The highest BCUT2D eigenvalue weighted by atomic mass is 16.5. The molecule has 0 amide bonds. The molecule has 0 fully saturated rings. The molecule has 0 heterocycles. The fourth-order valence-electron chi connectivity index (χ4n) is 1.95. The van der Waals surface area contributed by atoms with Crippen molar-refractivity contribution in [1.82, 2.24) is 5.32 Å². The van der Waals surface area contributed by atoms with Crippen LogP contribution in [0, 0.1) is 0 Å². The molecule has 6 heteroatoms. The van der Waals surface area contributed by atoms with Crippen LogP contribution in [0.5, 0.6) is 11.5 Å². The number of rotatable bonds is 10. The highest BCUT2D eigenvalue weighted by Crippen LogP contribution is 2.30. The molecule has 0 saturated carbocycles. The first-order chi connectivity index (χ1) is 10.1. The molecule has 0 aliphatic rings. The summed E-state index contributed by atoms with van der Waals surface area (Å²) in [4.78, 5) is 11.4. The van der Waals surface area contributed by atoms with Crippen molar-refractivity contribution in [2.45, 2.75) is 19.4 Å². The molecule has 0 saturated heterocycles. The minimum atomic E-state index is -0.931. The van der Waals surface area contributed by atoms with E-state index < -0.39 is 12.0 Å². The van der Waals surface area contributed by atoms with Gasteiger partial charge in [-0.15, -0.1) is 0 Å². The number of carboxylic acid groups (broad SMARTS) is 1. The number of aliphatic carboxylic acids is 1.